The minimum atomic E-state index is -3.68. The third kappa shape index (κ3) is 5.20. The molecule has 0 atom stereocenters. The Balaban J connectivity index is 1.42. The standard InChI is InChI=1S/C23H27N7O4S/c1-28-10-12-29(13-11-28)15-26-35(32,33)16-25-23-27-20-18-4-2-3-5-19(18)34-21(20)22(31)30(23)14-17-6-8-24-9-7-17/h2-9,26H,10-16H2,1H3,(H,25,27). The van der Waals surface area contributed by atoms with E-state index in [4.69, 9.17) is 4.42 Å². The predicted octanol–water partition coefficient (Wildman–Crippen LogP) is 1.08. The first-order chi connectivity index (χ1) is 16.9. The van der Waals surface area contributed by atoms with Crippen molar-refractivity contribution < 1.29 is 12.8 Å². The van der Waals surface area contributed by atoms with Crippen molar-refractivity contribution in [2.75, 3.05) is 51.1 Å². The summed E-state index contributed by atoms with van der Waals surface area (Å²) in [5.74, 6) is -0.277. The summed E-state index contributed by atoms with van der Waals surface area (Å²) in [4.78, 5) is 26.3. The van der Waals surface area contributed by atoms with Crippen molar-refractivity contribution >= 4 is 38.0 Å². The number of aromatic nitrogens is 3. The van der Waals surface area contributed by atoms with Crippen molar-refractivity contribution in [1.29, 1.82) is 0 Å². The molecule has 1 aliphatic heterocycles. The molecule has 4 heterocycles. The fraction of sp³-hybridized carbons (Fsp3) is 0.348. The number of anilines is 1. The number of fused-ring (bicyclic) bond motifs is 3. The highest BCUT2D eigenvalue weighted by atomic mass is 32.2. The SMILES string of the molecule is CN1CCN(CNS(=O)(=O)CNc2nc3c(oc4ccccc43)c(=O)n2Cc2ccncc2)CC1. The average molecular weight is 498 g/mol. The minimum Gasteiger partial charge on any atom is -0.448 e. The lowest BCUT2D eigenvalue weighted by Gasteiger charge is -2.32. The zero-order valence-corrected chi connectivity index (χ0v) is 20.2. The number of sulfonamides is 1. The van der Waals surface area contributed by atoms with Crippen molar-refractivity contribution in [3.05, 3.63) is 64.7 Å². The second kappa shape index (κ2) is 9.74. The van der Waals surface area contributed by atoms with E-state index in [1.165, 1.54) is 4.57 Å². The van der Waals surface area contributed by atoms with Gasteiger partial charge in [0.25, 0.3) is 5.56 Å². The molecule has 184 valence electrons. The van der Waals surface area contributed by atoms with Crippen LogP contribution in [-0.2, 0) is 16.6 Å². The molecule has 1 aliphatic rings. The van der Waals surface area contributed by atoms with E-state index in [0.717, 1.165) is 31.7 Å². The summed E-state index contributed by atoms with van der Waals surface area (Å²) in [6, 6.07) is 10.8. The Labute approximate surface area is 202 Å². The first-order valence-electron chi connectivity index (χ1n) is 11.3. The maximum absolute atomic E-state index is 13.4. The largest absolute Gasteiger partial charge is 0.448 e. The van der Waals surface area contributed by atoms with Crippen molar-refractivity contribution in [1.82, 2.24) is 29.1 Å². The molecule has 3 aromatic heterocycles. The van der Waals surface area contributed by atoms with Crippen LogP contribution in [0.25, 0.3) is 22.1 Å². The zero-order chi connectivity index (χ0) is 24.4. The number of nitrogens with one attached hydrogen (secondary N) is 2. The van der Waals surface area contributed by atoms with Gasteiger partial charge < -0.3 is 14.6 Å². The first kappa shape index (κ1) is 23.4. The van der Waals surface area contributed by atoms with E-state index in [1.807, 2.05) is 25.2 Å². The summed E-state index contributed by atoms with van der Waals surface area (Å²) < 4.78 is 35.3. The van der Waals surface area contributed by atoms with E-state index in [1.54, 1.807) is 30.6 Å². The fourth-order valence-electron chi connectivity index (χ4n) is 4.03. The number of pyridine rings is 1. The molecule has 4 aromatic rings. The summed E-state index contributed by atoms with van der Waals surface area (Å²) in [6.07, 6.45) is 3.26. The summed E-state index contributed by atoms with van der Waals surface area (Å²) in [7, 11) is -1.64. The van der Waals surface area contributed by atoms with Crippen molar-refractivity contribution in [2.45, 2.75) is 6.54 Å². The summed E-state index contributed by atoms with van der Waals surface area (Å²) in [5, 5.41) is 3.56. The molecule has 0 amide bonds. The summed E-state index contributed by atoms with van der Waals surface area (Å²) >= 11 is 0. The van der Waals surface area contributed by atoms with E-state index in [0.29, 0.717) is 16.5 Å². The molecule has 0 spiro atoms. The Morgan fingerprint density at radius 2 is 1.80 bits per heavy atom. The Morgan fingerprint density at radius 1 is 1.06 bits per heavy atom. The monoisotopic (exact) mass is 497 g/mol. The Hall–Kier alpha value is -3.32. The molecule has 35 heavy (non-hydrogen) atoms. The van der Waals surface area contributed by atoms with Crippen LogP contribution in [0.1, 0.15) is 5.56 Å². The van der Waals surface area contributed by atoms with Gasteiger partial charge in [-0.15, -0.1) is 0 Å². The van der Waals surface area contributed by atoms with Crippen molar-refractivity contribution in [3.63, 3.8) is 0 Å². The van der Waals surface area contributed by atoms with E-state index in [2.05, 4.69) is 29.8 Å². The van der Waals surface area contributed by atoms with E-state index in [9.17, 15) is 13.2 Å². The highest BCUT2D eigenvalue weighted by Crippen LogP contribution is 2.26. The molecule has 0 aliphatic carbocycles. The first-order valence-corrected chi connectivity index (χ1v) is 13.0. The minimum absolute atomic E-state index is 0.127. The van der Waals surface area contributed by atoms with Gasteiger partial charge in [0.1, 0.15) is 17.0 Å². The van der Waals surface area contributed by atoms with Gasteiger partial charge in [-0.2, -0.15) is 4.72 Å². The normalized spacial score (nSPS) is 15.7. The average Bonchev–Trinajstić information content (AvgIpc) is 3.24. The molecule has 0 radical (unpaired) electrons. The number of benzene rings is 1. The molecule has 1 fully saturated rings. The summed E-state index contributed by atoms with van der Waals surface area (Å²) in [6.45, 7) is 3.79. The van der Waals surface area contributed by atoms with Gasteiger partial charge in [-0.1, -0.05) is 12.1 Å². The van der Waals surface area contributed by atoms with Crippen molar-refractivity contribution in [3.8, 4) is 0 Å². The molecular weight excluding hydrogens is 470 g/mol. The molecule has 0 saturated carbocycles. The van der Waals surface area contributed by atoms with Gasteiger partial charge in [-0.05, 0) is 36.9 Å². The summed E-state index contributed by atoms with van der Waals surface area (Å²) in [5.41, 5.74) is 1.48. The van der Waals surface area contributed by atoms with E-state index < -0.39 is 21.5 Å². The maximum Gasteiger partial charge on any atom is 0.298 e. The zero-order valence-electron chi connectivity index (χ0n) is 19.3. The predicted molar refractivity (Wildman–Crippen MR) is 134 cm³/mol. The second-order valence-corrected chi connectivity index (χ2v) is 10.4. The molecule has 11 nitrogen and oxygen atoms in total. The van der Waals surface area contributed by atoms with Crippen LogP contribution in [0.2, 0.25) is 0 Å². The van der Waals surface area contributed by atoms with E-state index >= 15 is 0 Å². The van der Waals surface area contributed by atoms with Gasteiger partial charge in [0.05, 0.1) is 13.2 Å². The number of para-hydroxylation sites is 1. The second-order valence-electron chi connectivity index (χ2n) is 8.62. The molecule has 1 saturated heterocycles. The number of nitrogens with zero attached hydrogens (tertiary/aromatic N) is 5. The Bertz CT molecular complexity index is 1490. The molecule has 0 unspecified atom stereocenters. The maximum atomic E-state index is 13.4. The van der Waals surface area contributed by atoms with Crippen LogP contribution in [0, 0.1) is 0 Å². The van der Waals surface area contributed by atoms with Gasteiger partial charge in [0, 0.05) is 44.0 Å². The van der Waals surface area contributed by atoms with Gasteiger partial charge in [0.15, 0.2) is 0 Å². The molecule has 2 N–H and O–H groups in total. The van der Waals surface area contributed by atoms with Gasteiger partial charge in [-0.25, -0.2) is 13.4 Å². The van der Waals surface area contributed by atoms with E-state index in [-0.39, 0.29) is 24.7 Å². The number of furan rings is 1. The van der Waals surface area contributed by atoms with Crippen LogP contribution < -0.4 is 15.6 Å². The number of hydrogen-bond acceptors (Lipinski definition) is 9. The van der Waals surface area contributed by atoms with Gasteiger partial charge in [0.2, 0.25) is 21.6 Å². The lowest BCUT2D eigenvalue weighted by molar-refractivity contribution is 0.152. The quantitative estimate of drug-likeness (QED) is 0.368. The number of rotatable bonds is 8. The number of likely N-dealkylation sites (N-methyl/N-ethyl adjacent to an activating group) is 1. The van der Waals surface area contributed by atoms with Crippen LogP contribution in [0.5, 0.6) is 0 Å². The Kier molecular flexibility index (Phi) is 6.52. The lowest BCUT2D eigenvalue weighted by Crippen LogP contribution is -2.49. The molecular formula is C23H27N7O4S. The fourth-order valence-corrected chi connectivity index (χ4v) is 4.83. The van der Waals surface area contributed by atoms with Crippen LogP contribution in [-0.4, -0.2) is 78.5 Å². The third-order valence-electron chi connectivity index (χ3n) is 6.10. The molecule has 0 bridgehead atoms. The highest BCUT2D eigenvalue weighted by Gasteiger charge is 2.20. The van der Waals surface area contributed by atoms with Crippen LogP contribution in [0.3, 0.4) is 0 Å². The van der Waals surface area contributed by atoms with Gasteiger partial charge in [-0.3, -0.25) is 19.2 Å². The van der Waals surface area contributed by atoms with Gasteiger partial charge >= 0.3 is 0 Å². The van der Waals surface area contributed by atoms with Crippen LogP contribution in [0.4, 0.5) is 5.95 Å². The lowest BCUT2D eigenvalue weighted by atomic mass is 10.2. The third-order valence-corrected chi connectivity index (χ3v) is 7.19. The molecule has 12 heteroatoms. The van der Waals surface area contributed by atoms with Crippen molar-refractivity contribution in [2.24, 2.45) is 0 Å². The smallest absolute Gasteiger partial charge is 0.298 e. The number of hydrogen-bond donors (Lipinski definition) is 2. The van der Waals surface area contributed by atoms with Crippen LogP contribution in [0.15, 0.2) is 58.0 Å². The van der Waals surface area contributed by atoms with Crippen LogP contribution >= 0.6 is 0 Å². The Morgan fingerprint density at radius 3 is 2.57 bits per heavy atom. The topological polar surface area (TPSA) is 126 Å². The highest BCUT2D eigenvalue weighted by molar-refractivity contribution is 7.89. The molecule has 1 aromatic carbocycles. The number of piperazine rings is 1. The molecule has 5 rings (SSSR count).